The summed E-state index contributed by atoms with van der Waals surface area (Å²) in [5.41, 5.74) is 19.4. The molecule has 0 bridgehead atoms. The van der Waals surface area contributed by atoms with Crippen molar-refractivity contribution in [2.45, 2.75) is 66.2 Å². The van der Waals surface area contributed by atoms with E-state index in [0.29, 0.717) is 0 Å². The average molecular weight is 986 g/mol. The van der Waals surface area contributed by atoms with Crippen molar-refractivity contribution in [2.75, 3.05) is 14.7 Å². The first-order valence-electron chi connectivity index (χ1n) is 26.6. The number of hydrogen-bond donors (Lipinski definition) is 0. The molecule has 12 rings (SSSR count). The van der Waals surface area contributed by atoms with E-state index in [1.54, 1.807) is 0 Å². The standard InChI is InChI=1S/C70H64BN3Si/c1-49-29-35-55(36-30-49)73-64-43-31-50(2)45-62(64)71-63-46-52(70(6,7)8)34-44-65(63)74(56-37-32-51(33-38-56)69(3,4)5)67-48-57(47-66(73)68(67)71)72(53-21-13-9-14-22-53)54-39-41-61(42-40-54)75(58-23-15-10-16-24-58,59-25-17-11-18-26-59)60-27-19-12-20-28-60/h9-48H,1-8H3. The molecule has 2 heterocycles. The third-order valence-corrected chi connectivity index (χ3v) is 20.6. The lowest BCUT2D eigenvalue weighted by atomic mass is 9.33. The molecule has 10 aromatic rings. The third kappa shape index (κ3) is 8.31. The summed E-state index contributed by atoms with van der Waals surface area (Å²) in [6.45, 7) is 18.3. The van der Waals surface area contributed by atoms with Gasteiger partial charge in [0.2, 0.25) is 0 Å². The van der Waals surface area contributed by atoms with Gasteiger partial charge in [-0.05, 0) is 146 Å². The number of para-hydroxylation sites is 1. The zero-order valence-corrected chi connectivity index (χ0v) is 45.5. The molecule has 0 fully saturated rings. The number of hydrogen-bond acceptors (Lipinski definition) is 3. The average Bonchev–Trinajstić information content (AvgIpc) is 3.45. The minimum Gasteiger partial charge on any atom is -0.311 e. The largest absolute Gasteiger partial charge is 0.311 e. The Hall–Kier alpha value is -8.12. The molecule has 0 radical (unpaired) electrons. The van der Waals surface area contributed by atoms with Crippen LogP contribution in [0.4, 0.5) is 51.2 Å². The van der Waals surface area contributed by atoms with E-state index in [1.165, 1.54) is 82.1 Å². The number of fused-ring (bicyclic) bond motifs is 4. The predicted octanol–water partition coefficient (Wildman–Crippen LogP) is 13.8. The van der Waals surface area contributed by atoms with Crippen molar-refractivity contribution in [1.82, 2.24) is 0 Å². The van der Waals surface area contributed by atoms with Crippen molar-refractivity contribution in [1.29, 1.82) is 0 Å². The first-order chi connectivity index (χ1) is 36.3. The fraction of sp³-hybridized carbons (Fsp3) is 0.143. The van der Waals surface area contributed by atoms with Gasteiger partial charge >= 0.3 is 0 Å². The lowest BCUT2D eigenvalue weighted by Gasteiger charge is -2.45. The molecule has 0 amide bonds. The third-order valence-electron chi connectivity index (χ3n) is 15.8. The van der Waals surface area contributed by atoms with E-state index < -0.39 is 8.07 Å². The SMILES string of the molecule is Cc1ccc(N2c3ccc(C)cc3B3c4cc(C(C)(C)C)ccc4N(c4ccc(C(C)(C)C)cc4)c4cc(N(c5ccccc5)c5ccc([Si](c6ccccc6)(c6ccccc6)c6ccccc6)cc5)cc2c43)cc1. The van der Waals surface area contributed by atoms with E-state index in [-0.39, 0.29) is 17.5 Å². The van der Waals surface area contributed by atoms with Crippen molar-refractivity contribution in [3.8, 4) is 0 Å². The highest BCUT2D eigenvalue weighted by Crippen LogP contribution is 2.48. The second-order valence-corrected chi connectivity index (χ2v) is 26.6. The molecular formula is C70H64BN3Si. The fourth-order valence-electron chi connectivity index (χ4n) is 12.0. The van der Waals surface area contributed by atoms with Crippen LogP contribution < -0.4 is 51.8 Å². The van der Waals surface area contributed by atoms with Crippen LogP contribution in [0.15, 0.2) is 243 Å². The maximum atomic E-state index is 2.56. The Morgan fingerprint density at radius 1 is 0.347 bits per heavy atom. The van der Waals surface area contributed by atoms with Crippen LogP contribution in [0.2, 0.25) is 0 Å². The zero-order valence-electron chi connectivity index (χ0n) is 44.5. The Bertz CT molecular complexity index is 3580. The summed E-state index contributed by atoms with van der Waals surface area (Å²) in [6, 6.07) is 92.0. The summed E-state index contributed by atoms with van der Waals surface area (Å²) in [5.74, 6) is 0. The Kier molecular flexibility index (Phi) is 11.9. The van der Waals surface area contributed by atoms with Crippen LogP contribution in [0.3, 0.4) is 0 Å². The van der Waals surface area contributed by atoms with Crippen molar-refractivity contribution in [3.05, 3.63) is 265 Å². The number of benzene rings is 10. The van der Waals surface area contributed by atoms with Crippen LogP contribution in [0.1, 0.15) is 63.8 Å². The van der Waals surface area contributed by atoms with Crippen LogP contribution in [0, 0.1) is 13.8 Å². The fourth-order valence-corrected chi connectivity index (χ4v) is 16.8. The van der Waals surface area contributed by atoms with Gasteiger partial charge in [0.25, 0.3) is 6.71 Å². The first-order valence-corrected chi connectivity index (χ1v) is 28.6. The highest BCUT2D eigenvalue weighted by molar-refractivity contribution is 7.19. The molecule has 2 aliphatic heterocycles. The van der Waals surface area contributed by atoms with E-state index in [9.17, 15) is 0 Å². The molecule has 0 N–H and O–H groups in total. The van der Waals surface area contributed by atoms with E-state index in [0.717, 1.165) is 28.4 Å². The summed E-state index contributed by atoms with van der Waals surface area (Å²) in [5, 5.41) is 5.40. The summed E-state index contributed by atoms with van der Waals surface area (Å²) in [6.07, 6.45) is 0. The van der Waals surface area contributed by atoms with Crippen molar-refractivity contribution in [2.24, 2.45) is 0 Å². The maximum Gasteiger partial charge on any atom is 0.252 e. The Balaban J connectivity index is 1.14. The van der Waals surface area contributed by atoms with Gasteiger partial charge in [-0.25, -0.2) is 0 Å². The minimum atomic E-state index is -2.78. The molecule has 5 heteroatoms. The molecule has 10 aromatic carbocycles. The van der Waals surface area contributed by atoms with Crippen LogP contribution in [-0.4, -0.2) is 14.8 Å². The topological polar surface area (TPSA) is 9.72 Å². The lowest BCUT2D eigenvalue weighted by molar-refractivity contribution is 0.590. The summed E-state index contributed by atoms with van der Waals surface area (Å²) in [4.78, 5) is 7.58. The van der Waals surface area contributed by atoms with E-state index in [1.807, 2.05) is 0 Å². The molecule has 0 saturated heterocycles. The van der Waals surface area contributed by atoms with Gasteiger partial charge in [-0.3, -0.25) is 0 Å². The van der Waals surface area contributed by atoms with Gasteiger partial charge in [-0.15, -0.1) is 0 Å². The summed E-state index contributed by atoms with van der Waals surface area (Å²) in [7, 11) is -2.78. The van der Waals surface area contributed by atoms with E-state index >= 15 is 0 Å². The molecule has 2 aliphatic rings. The van der Waals surface area contributed by atoms with Crippen LogP contribution >= 0.6 is 0 Å². The molecule has 75 heavy (non-hydrogen) atoms. The van der Waals surface area contributed by atoms with Gasteiger partial charge < -0.3 is 14.7 Å². The van der Waals surface area contributed by atoms with Crippen molar-refractivity contribution in [3.63, 3.8) is 0 Å². The summed E-state index contributed by atoms with van der Waals surface area (Å²) < 4.78 is 0. The highest BCUT2D eigenvalue weighted by atomic mass is 28.3. The molecule has 0 saturated carbocycles. The number of aryl methyl sites for hydroxylation is 2. The second kappa shape index (κ2) is 18.7. The number of anilines is 9. The summed E-state index contributed by atoms with van der Waals surface area (Å²) >= 11 is 0. The van der Waals surface area contributed by atoms with Gasteiger partial charge in [-0.2, -0.15) is 0 Å². The highest BCUT2D eigenvalue weighted by Gasteiger charge is 2.45. The van der Waals surface area contributed by atoms with Gasteiger partial charge in [-0.1, -0.05) is 223 Å². The lowest BCUT2D eigenvalue weighted by Crippen LogP contribution is -2.74. The van der Waals surface area contributed by atoms with E-state index in [2.05, 4.69) is 313 Å². The quantitative estimate of drug-likeness (QED) is 0.105. The molecule has 3 nitrogen and oxygen atoms in total. The van der Waals surface area contributed by atoms with Crippen molar-refractivity contribution >= 4 is 103 Å². The smallest absolute Gasteiger partial charge is 0.252 e. The van der Waals surface area contributed by atoms with Crippen LogP contribution in [0.5, 0.6) is 0 Å². The monoisotopic (exact) mass is 985 g/mol. The Morgan fingerprint density at radius 2 is 0.747 bits per heavy atom. The molecule has 0 aromatic heterocycles. The molecule has 0 atom stereocenters. The zero-order chi connectivity index (χ0) is 51.6. The first kappa shape index (κ1) is 47.9. The van der Waals surface area contributed by atoms with Gasteiger partial charge in [0.15, 0.2) is 8.07 Å². The normalized spacial score (nSPS) is 13.0. The van der Waals surface area contributed by atoms with Crippen LogP contribution in [-0.2, 0) is 10.8 Å². The number of rotatable bonds is 9. The molecule has 0 spiro atoms. The molecular weight excluding hydrogens is 922 g/mol. The van der Waals surface area contributed by atoms with Gasteiger partial charge in [0.05, 0.1) is 5.69 Å². The predicted molar refractivity (Wildman–Crippen MR) is 326 cm³/mol. The van der Waals surface area contributed by atoms with Gasteiger partial charge in [0, 0.05) is 45.5 Å². The van der Waals surface area contributed by atoms with Crippen molar-refractivity contribution < 1.29 is 0 Å². The molecule has 0 unspecified atom stereocenters. The van der Waals surface area contributed by atoms with E-state index in [4.69, 9.17) is 0 Å². The van der Waals surface area contributed by atoms with Crippen LogP contribution in [0.25, 0.3) is 0 Å². The Morgan fingerprint density at radius 3 is 1.24 bits per heavy atom. The minimum absolute atomic E-state index is 0.0113. The second-order valence-electron chi connectivity index (χ2n) is 22.8. The Labute approximate surface area is 446 Å². The number of nitrogens with zero attached hydrogens (tertiary/aromatic N) is 3. The maximum absolute atomic E-state index is 2.78. The molecule has 366 valence electrons. The molecule has 0 aliphatic carbocycles. The van der Waals surface area contributed by atoms with Gasteiger partial charge in [0.1, 0.15) is 0 Å².